The van der Waals surface area contributed by atoms with Crippen molar-refractivity contribution < 1.29 is 10.2 Å². The molecule has 466 valence electrons. The third-order valence-electron chi connectivity index (χ3n) is 19.6. The molecule has 0 saturated heterocycles. The topological polar surface area (TPSA) is 40.5 Å². The van der Waals surface area contributed by atoms with E-state index >= 15 is 0 Å². The van der Waals surface area contributed by atoms with E-state index in [0.29, 0.717) is 11.5 Å². The van der Waals surface area contributed by atoms with Crippen LogP contribution in [0.25, 0.3) is 0 Å². The molecule has 0 heterocycles. The quantitative estimate of drug-likeness (QED) is 0.0648. The Kier molecular flexibility index (Phi) is 41.2. The Balaban J connectivity index is 2.72. The van der Waals surface area contributed by atoms with Crippen molar-refractivity contribution in [3.63, 3.8) is 0 Å². The normalized spacial score (nSPS) is 12.6. The molecule has 0 amide bonds. The largest absolute Gasteiger partial charge is 0.508 e. The van der Waals surface area contributed by atoms with Gasteiger partial charge in [0.25, 0.3) is 0 Å². The predicted molar refractivity (Wildman–Crippen MR) is 360 cm³/mol. The summed E-state index contributed by atoms with van der Waals surface area (Å²) in [6.07, 6.45) is 67.8. The Morgan fingerprint density at radius 1 is 0.237 bits per heavy atom. The van der Waals surface area contributed by atoms with Crippen LogP contribution in [0.1, 0.15) is 424 Å². The van der Waals surface area contributed by atoms with Crippen LogP contribution in [0.4, 0.5) is 0 Å². The summed E-state index contributed by atoms with van der Waals surface area (Å²) in [6, 6.07) is 9.44. The maximum absolute atomic E-state index is 11.8. The fourth-order valence-corrected chi connectivity index (χ4v) is 14.3. The standard InChI is InChI=1S/C78H142O2/c1-13-17-21-25-29-33-37-41-45-49-53-57-77(58-54-50-46-42-38-34-30-26-22-18-14-2,69-65-71(75(7,8)9)73(79)63-67(69)5)61-62-78(59-55-51-47-43-39-35-31-27-23-19-15-3,60-56-52-48-44-40-36-32-28-24-20-16-4)70-66-72(76(10,11)12)74(80)64-68(70)6/h63-66,79-80H,13-62H2,1-12H3. The van der Waals surface area contributed by atoms with Gasteiger partial charge in [0.15, 0.2) is 0 Å². The van der Waals surface area contributed by atoms with E-state index in [4.69, 9.17) is 0 Å². The van der Waals surface area contributed by atoms with Gasteiger partial charge in [-0.05, 0) is 120 Å². The van der Waals surface area contributed by atoms with E-state index in [1.807, 2.05) is 0 Å². The number of phenolic OH excluding ortho intramolecular Hbond substituents is 2. The monoisotopic (exact) mass is 1110 g/mol. The van der Waals surface area contributed by atoms with Crippen LogP contribution in [0.2, 0.25) is 0 Å². The Labute approximate surface area is 502 Å². The van der Waals surface area contributed by atoms with Crippen molar-refractivity contribution in [1.82, 2.24) is 0 Å². The lowest BCUT2D eigenvalue weighted by atomic mass is 9.61. The molecular formula is C78H142O2. The fraction of sp³-hybridized carbons (Fsp3) is 0.846. The summed E-state index contributed by atoms with van der Waals surface area (Å²) >= 11 is 0. The molecule has 0 spiro atoms. The van der Waals surface area contributed by atoms with Crippen LogP contribution < -0.4 is 0 Å². The molecule has 0 aliphatic heterocycles. The molecule has 0 bridgehead atoms. The lowest BCUT2D eigenvalue weighted by molar-refractivity contribution is 0.234. The van der Waals surface area contributed by atoms with Crippen molar-refractivity contribution in [3.8, 4) is 11.5 Å². The minimum Gasteiger partial charge on any atom is -0.508 e. The Bertz CT molecular complexity index is 1590. The van der Waals surface area contributed by atoms with Gasteiger partial charge < -0.3 is 10.2 Å². The molecule has 0 fully saturated rings. The number of unbranched alkanes of at least 4 members (excludes halogenated alkanes) is 40. The molecule has 0 aliphatic carbocycles. The van der Waals surface area contributed by atoms with E-state index < -0.39 is 0 Å². The van der Waals surface area contributed by atoms with E-state index in [9.17, 15) is 10.2 Å². The lowest BCUT2D eigenvalue weighted by Gasteiger charge is -2.43. The van der Waals surface area contributed by atoms with Crippen LogP contribution in [0.3, 0.4) is 0 Å². The molecule has 0 unspecified atom stereocenters. The van der Waals surface area contributed by atoms with E-state index in [2.05, 4.69) is 107 Å². The third kappa shape index (κ3) is 31.3. The van der Waals surface area contributed by atoms with E-state index in [-0.39, 0.29) is 21.7 Å². The average molecular weight is 1110 g/mol. The third-order valence-corrected chi connectivity index (χ3v) is 19.6. The summed E-state index contributed by atoms with van der Waals surface area (Å²) in [5.41, 5.74) is 7.73. The molecule has 2 aromatic carbocycles. The molecule has 0 saturated carbocycles. The zero-order valence-electron chi connectivity index (χ0n) is 56.6. The van der Waals surface area contributed by atoms with Gasteiger partial charge in [-0.2, -0.15) is 0 Å². The van der Waals surface area contributed by atoms with Crippen molar-refractivity contribution in [1.29, 1.82) is 0 Å². The van der Waals surface area contributed by atoms with Crippen molar-refractivity contribution in [2.75, 3.05) is 0 Å². The first-order chi connectivity index (χ1) is 38.5. The van der Waals surface area contributed by atoms with Gasteiger partial charge in [0.2, 0.25) is 0 Å². The molecule has 80 heavy (non-hydrogen) atoms. The molecule has 0 aliphatic rings. The number of hydrogen-bond acceptors (Lipinski definition) is 2. The minimum atomic E-state index is -0.147. The SMILES string of the molecule is CCCCCCCCCCCCCC(CCCCCCCCCCCCC)(CCC(CCCCCCCCCCCCC)(CCCCCCCCCCCCC)c1cc(C(C)(C)C)c(O)cc1C)c1cc(C(C)(C)C)c(O)cc1C. The van der Waals surface area contributed by atoms with Crippen molar-refractivity contribution in [3.05, 3.63) is 57.6 Å². The smallest absolute Gasteiger partial charge is 0.119 e. The lowest BCUT2D eigenvalue weighted by Crippen LogP contribution is -2.35. The first kappa shape index (κ1) is 74.1. The summed E-state index contributed by atoms with van der Waals surface area (Å²) in [5, 5.41) is 23.5. The Morgan fingerprint density at radius 3 is 0.588 bits per heavy atom. The van der Waals surface area contributed by atoms with Crippen LogP contribution in [0.15, 0.2) is 24.3 Å². The highest BCUT2D eigenvalue weighted by molar-refractivity contribution is 5.49. The van der Waals surface area contributed by atoms with E-state index in [1.54, 1.807) is 11.1 Å². The Hall–Kier alpha value is -1.96. The van der Waals surface area contributed by atoms with Gasteiger partial charge in [-0.15, -0.1) is 0 Å². The number of phenols is 2. The van der Waals surface area contributed by atoms with E-state index in [1.165, 1.54) is 332 Å². The second-order valence-corrected chi connectivity index (χ2v) is 29.1. The van der Waals surface area contributed by atoms with Gasteiger partial charge in [-0.3, -0.25) is 0 Å². The van der Waals surface area contributed by atoms with Crippen molar-refractivity contribution in [2.45, 2.75) is 426 Å². The van der Waals surface area contributed by atoms with Gasteiger partial charge in [-0.1, -0.05) is 364 Å². The van der Waals surface area contributed by atoms with Gasteiger partial charge in [0.1, 0.15) is 11.5 Å². The van der Waals surface area contributed by atoms with Crippen LogP contribution in [-0.4, -0.2) is 10.2 Å². The van der Waals surface area contributed by atoms with Crippen molar-refractivity contribution in [2.24, 2.45) is 0 Å². The number of benzene rings is 2. The van der Waals surface area contributed by atoms with Crippen LogP contribution in [0.5, 0.6) is 11.5 Å². The summed E-state index contributed by atoms with van der Waals surface area (Å²) in [6.45, 7) is 27.9. The van der Waals surface area contributed by atoms with Crippen LogP contribution in [0, 0.1) is 13.8 Å². The molecular weight excluding hydrogens is 969 g/mol. The minimum absolute atomic E-state index is 0.0352. The first-order valence-electron chi connectivity index (χ1n) is 36.2. The maximum Gasteiger partial charge on any atom is 0.119 e. The Morgan fingerprint density at radius 2 is 0.412 bits per heavy atom. The molecule has 2 rings (SSSR count). The highest BCUT2D eigenvalue weighted by Gasteiger charge is 2.40. The summed E-state index contributed by atoms with van der Waals surface area (Å²) in [7, 11) is 0. The second kappa shape index (κ2) is 44.5. The first-order valence-corrected chi connectivity index (χ1v) is 36.2. The predicted octanol–water partition coefficient (Wildman–Crippen LogP) is 27.1. The molecule has 2 aromatic rings. The fourth-order valence-electron chi connectivity index (χ4n) is 14.3. The number of aryl methyl sites for hydroxylation is 2. The van der Waals surface area contributed by atoms with Gasteiger partial charge >= 0.3 is 0 Å². The highest BCUT2D eigenvalue weighted by atomic mass is 16.3. The van der Waals surface area contributed by atoms with Crippen LogP contribution >= 0.6 is 0 Å². The second-order valence-electron chi connectivity index (χ2n) is 29.1. The highest BCUT2D eigenvalue weighted by Crippen LogP contribution is 2.51. The van der Waals surface area contributed by atoms with Crippen molar-refractivity contribution >= 4 is 0 Å². The molecule has 0 radical (unpaired) electrons. The number of aromatic hydroxyl groups is 2. The molecule has 2 N–H and O–H groups in total. The number of rotatable bonds is 53. The zero-order chi connectivity index (χ0) is 58.8. The molecule has 2 nitrogen and oxygen atoms in total. The zero-order valence-corrected chi connectivity index (χ0v) is 56.6. The molecule has 0 atom stereocenters. The molecule has 2 heteroatoms. The number of hydrogen-bond donors (Lipinski definition) is 2. The summed E-state index contributed by atoms with van der Waals surface area (Å²) in [5.74, 6) is 0.961. The average Bonchev–Trinajstić information content (AvgIpc) is 3.45. The van der Waals surface area contributed by atoms with Gasteiger partial charge in [-0.25, -0.2) is 0 Å². The van der Waals surface area contributed by atoms with Gasteiger partial charge in [0, 0.05) is 0 Å². The van der Waals surface area contributed by atoms with Gasteiger partial charge in [0.05, 0.1) is 0 Å². The van der Waals surface area contributed by atoms with Crippen LogP contribution in [-0.2, 0) is 21.7 Å². The van der Waals surface area contributed by atoms with E-state index in [0.717, 1.165) is 11.1 Å². The molecule has 0 aromatic heterocycles. The summed E-state index contributed by atoms with van der Waals surface area (Å²) < 4.78 is 0. The summed E-state index contributed by atoms with van der Waals surface area (Å²) in [4.78, 5) is 0. The maximum atomic E-state index is 11.8.